The Bertz CT molecular complexity index is 187. The summed E-state index contributed by atoms with van der Waals surface area (Å²) in [5.41, 5.74) is 1.68. The van der Waals surface area contributed by atoms with Crippen molar-refractivity contribution in [2.75, 3.05) is 0 Å². The zero-order valence-electron chi connectivity index (χ0n) is 7.46. The molecule has 0 spiro atoms. The van der Waals surface area contributed by atoms with Gasteiger partial charge in [-0.2, -0.15) is 0 Å². The van der Waals surface area contributed by atoms with Crippen LogP contribution in [-0.2, 0) is 0 Å². The van der Waals surface area contributed by atoms with Crippen molar-refractivity contribution < 1.29 is 5.11 Å². The smallest absolute Gasteiger partial charge is 0.0992 e. The zero-order valence-corrected chi connectivity index (χ0v) is 7.46. The fourth-order valence-corrected chi connectivity index (χ4v) is 0.822. The normalized spacial score (nSPS) is 15.5. The third-order valence-corrected chi connectivity index (χ3v) is 1.47. The van der Waals surface area contributed by atoms with Gasteiger partial charge in [0.25, 0.3) is 0 Å². The van der Waals surface area contributed by atoms with Crippen LogP contribution in [0.15, 0.2) is 36.0 Å². The average molecular weight is 152 g/mol. The van der Waals surface area contributed by atoms with Crippen LogP contribution < -0.4 is 0 Å². The molecule has 0 aromatic rings. The topological polar surface area (TPSA) is 20.2 Å². The van der Waals surface area contributed by atoms with Gasteiger partial charge in [0.1, 0.15) is 0 Å². The molecule has 62 valence electrons. The molecule has 0 aliphatic carbocycles. The van der Waals surface area contributed by atoms with Gasteiger partial charge in [-0.3, -0.25) is 0 Å². The van der Waals surface area contributed by atoms with E-state index in [2.05, 4.69) is 6.58 Å². The molecule has 0 aliphatic heterocycles. The standard InChI is InChI=1S/C10H16O/c1-5-7-9(6-2)10(11)8(3)4/h5-7,10-11H,3H2,1-2,4H3/b7-5-,9-6+. The number of rotatable bonds is 3. The first-order chi connectivity index (χ1) is 5.13. The lowest BCUT2D eigenvalue weighted by atomic mass is 10.0. The summed E-state index contributed by atoms with van der Waals surface area (Å²) in [6, 6.07) is 0. The Labute approximate surface area is 68.7 Å². The van der Waals surface area contributed by atoms with Crippen LogP contribution in [0, 0.1) is 0 Å². The van der Waals surface area contributed by atoms with Gasteiger partial charge in [0, 0.05) is 0 Å². The highest BCUT2D eigenvalue weighted by molar-refractivity contribution is 5.28. The number of hydrogen-bond donors (Lipinski definition) is 1. The lowest BCUT2D eigenvalue weighted by Crippen LogP contribution is -2.09. The molecule has 0 saturated carbocycles. The average Bonchev–Trinajstić information content (AvgIpc) is 1.98. The molecule has 0 radical (unpaired) electrons. The highest BCUT2D eigenvalue weighted by Gasteiger charge is 2.06. The first-order valence-electron chi connectivity index (χ1n) is 3.75. The second-order valence-corrected chi connectivity index (χ2v) is 2.54. The fraction of sp³-hybridized carbons (Fsp3) is 0.400. The van der Waals surface area contributed by atoms with Gasteiger partial charge in [-0.25, -0.2) is 0 Å². The van der Waals surface area contributed by atoms with E-state index >= 15 is 0 Å². The van der Waals surface area contributed by atoms with Crippen LogP contribution in [0.5, 0.6) is 0 Å². The van der Waals surface area contributed by atoms with E-state index in [1.807, 2.05) is 39.0 Å². The Morgan fingerprint density at radius 1 is 1.45 bits per heavy atom. The molecule has 0 bridgehead atoms. The number of hydrogen-bond acceptors (Lipinski definition) is 1. The summed E-state index contributed by atoms with van der Waals surface area (Å²) >= 11 is 0. The molecule has 11 heavy (non-hydrogen) atoms. The fourth-order valence-electron chi connectivity index (χ4n) is 0.822. The van der Waals surface area contributed by atoms with Crippen LogP contribution in [0.25, 0.3) is 0 Å². The summed E-state index contributed by atoms with van der Waals surface area (Å²) in [6.07, 6.45) is 5.16. The summed E-state index contributed by atoms with van der Waals surface area (Å²) in [6.45, 7) is 9.33. The predicted octanol–water partition coefficient (Wildman–Crippen LogP) is 2.45. The molecule has 1 heteroatoms. The molecule has 0 fully saturated rings. The number of aliphatic hydroxyl groups excluding tert-OH is 1. The van der Waals surface area contributed by atoms with Crippen molar-refractivity contribution in [2.45, 2.75) is 26.9 Å². The highest BCUT2D eigenvalue weighted by Crippen LogP contribution is 2.10. The Kier molecular flexibility index (Phi) is 4.55. The van der Waals surface area contributed by atoms with Gasteiger partial charge in [-0.1, -0.05) is 24.8 Å². The van der Waals surface area contributed by atoms with E-state index in [0.29, 0.717) is 0 Å². The third kappa shape index (κ3) is 3.19. The minimum Gasteiger partial charge on any atom is -0.384 e. The van der Waals surface area contributed by atoms with Crippen LogP contribution in [0.1, 0.15) is 20.8 Å². The molecular weight excluding hydrogens is 136 g/mol. The van der Waals surface area contributed by atoms with Gasteiger partial charge < -0.3 is 5.11 Å². The van der Waals surface area contributed by atoms with Crippen molar-refractivity contribution in [1.82, 2.24) is 0 Å². The monoisotopic (exact) mass is 152 g/mol. The van der Waals surface area contributed by atoms with Crippen molar-refractivity contribution in [1.29, 1.82) is 0 Å². The van der Waals surface area contributed by atoms with Crippen LogP contribution in [0.3, 0.4) is 0 Å². The minimum atomic E-state index is -0.517. The van der Waals surface area contributed by atoms with Crippen LogP contribution in [0.4, 0.5) is 0 Å². The largest absolute Gasteiger partial charge is 0.384 e. The Balaban J connectivity index is 4.40. The van der Waals surface area contributed by atoms with E-state index in [4.69, 9.17) is 0 Å². The van der Waals surface area contributed by atoms with E-state index in [0.717, 1.165) is 11.1 Å². The second kappa shape index (κ2) is 4.91. The van der Waals surface area contributed by atoms with Gasteiger partial charge in [0.2, 0.25) is 0 Å². The summed E-state index contributed by atoms with van der Waals surface area (Å²) < 4.78 is 0. The second-order valence-electron chi connectivity index (χ2n) is 2.54. The van der Waals surface area contributed by atoms with E-state index in [1.54, 1.807) is 0 Å². The lowest BCUT2D eigenvalue weighted by molar-refractivity contribution is 0.251. The molecule has 1 nitrogen and oxygen atoms in total. The minimum absolute atomic E-state index is 0.517. The Morgan fingerprint density at radius 2 is 2.00 bits per heavy atom. The molecule has 0 rings (SSSR count). The quantitative estimate of drug-likeness (QED) is 0.486. The molecular formula is C10H16O. The molecule has 0 heterocycles. The number of allylic oxidation sites excluding steroid dienone is 2. The molecule has 0 aromatic heterocycles. The maximum atomic E-state index is 9.50. The van der Waals surface area contributed by atoms with E-state index in [9.17, 15) is 5.11 Å². The van der Waals surface area contributed by atoms with Gasteiger partial charge in [-0.15, -0.1) is 0 Å². The first kappa shape index (κ1) is 10.2. The van der Waals surface area contributed by atoms with Crippen molar-refractivity contribution in [3.05, 3.63) is 36.0 Å². The Morgan fingerprint density at radius 3 is 2.27 bits per heavy atom. The summed E-state index contributed by atoms with van der Waals surface area (Å²) in [7, 11) is 0. The molecule has 1 N–H and O–H groups in total. The zero-order chi connectivity index (χ0) is 8.85. The molecule has 1 unspecified atom stereocenters. The van der Waals surface area contributed by atoms with Crippen LogP contribution >= 0.6 is 0 Å². The van der Waals surface area contributed by atoms with Crippen LogP contribution in [-0.4, -0.2) is 11.2 Å². The SMILES string of the molecule is C=C(C)C(O)C(/C=C\C)=C/C. The van der Waals surface area contributed by atoms with E-state index in [-0.39, 0.29) is 0 Å². The number of aliphatic hydroxyl groups is 1. The van der Waals surface area contributed by atoms with Crippen molar-refractivity contribution >= 4 is 0 Å². The van der Waals surface area contributed by atoms with Crippen molar-refractivity contribution in [2.24, 2.45) is 0 Å². The molecule has 1 atom stereocenters. The summed E-state index contributed by atoms with van der Waals surface area (Å²) in [4.78, 5) is 0. The van der Waals surface area contributed by atoms with E-state index < -0.39 is 6.10 Å². The van der Waals surface area contributed by atoms with Crippen molar-refractivity contribution in [3.63, 3.8) is 0 Å². The van der Waals surface area contributed by atoms with Gasteiger partial charge in [0.05, 0.1) is 6.10 Å². The van der Waals surface area contributed by atoms with Crippen LogP contribution in [0.2, 0.25) is 0 Å². The molecule has 0 aromatic carbocycles. The maximum absolute atomic E-state index is 9.50. The van der Waals surface area contributed by atoms with Gasteiger partial charge >= 0.3 is 0 Å². The van der Waals surface area contributed by atoms with Crippen molar-refractivity contribution in [3.8, 4) is 0 Å². The van der Waals surface area contributed by atoms with Gasteiger partial charge in [0.15, 0.2) is 0 Å². The third-order valence-electron chi connectivity index (χ3n) is 1.47. The van der Waals surface area contributed by atoms with Gasteiger partial charge in [-0.05, 0) is 31.9 Å². The maximum Gasteiger partial charge on any atom is 0.0992 e. The predicted molar refractivity (Wildman–Crippen MR) is 49.4 cm³/mol. The molecule has 0 aliphatic rings. The molecule has 0 amide bonds. The van der Waals surface area contributed by atoms with E-state index in [1.165, 1.54) is 0 Å². The highest BCUT2D eigenvalue weighted by atomic mass is 16.3. The summed E-state index contributed by atoms with van der Waals surface area (Å²) in [5.74, 6) is 0. The molecule has 0 saturated heterocycles. The Hall–Kier alpha value is -0.820. The first-order valence-corrected chi connectivity index (χ1v) is 3.75. The lowest BCUT2D eigenvalue weighted by Gasteiger charge is -2.10. The summed E-state index contributed by atoms with van der Waals surface area (Å²) in [5, 5.41) is 9.50.